The molecule has 0 unspecified atom stereocenters. The molecule has 2 amide bonds. The van der Waals surface area contributed by atoms with Gasteiger partial charge in [0.15, 0.2) is 0 Å². The number of hydrogen-bond donors (Lipinski definition) is 1. The van der Waals surface area contributed by atoms with Gasteiger partial charge in [0, 0.05) is 27.3 Å². The van der Waals surface area contributed by atoms with Crippen molar-refractivity contribution in [1.82, 2.24) is 4.90 Å². The first-order valence-corrected chi connectivity index (χ1v) is 9.88. The lowest BCUT2D eigenvalue weighted by molar-refractivity contribution is -0.116. The van der Waals surface area contributed by atoms with Gasteiger partial charge < -0.3 is 10.2 Å². The van der Waals surface area contributed by atoms with Crippen LogP contribution in [0.2, 0.25) is 0 Å². The number of rotatable bonds is 4. The van der Waals surface area contributed by atoms with E-state index in [9.17, 15) is 14.0 Å². The molecule has 0 aliphatic carbocycles. The summed E-state index contributed by atoms with van der Waals surface area (Å²) >= 11 is 4.62. The summed E-state index contributed by atoms with van der Waals surface area (Å²) in [7, 11) is 1.57. The number of nitrogens with one attached hydrogen (secondary N) is 1. The second kappa shape index (κ2) is 7.78. The van der Waals surface area contributed by atoms with Crippen molar-refractivity contribution in [2.75, 3.05) is 18.9 Å². The van der Waals surface area contributed by atoms with E-state index in [4.69, 9.17) is 0 Å². The van der Waals surface area contributed by atoms with Crippen molar-refractivity contribution in [2.24, 2.45) is 0 Å². The van der Waals surface area contributed by atoms with Crippen LogP contribution in [0.15, 0.2) is 40.9 Å². The molecular weight excluding hydrogens is 431 g/mol. The molecule has 0 radical (unpaired) electrons. The quantitative estimate of drug-likeness (QED) is 0.601. The molecule has 0 aliphatic heterocycles. The van der Waals surface area contributed by atoms with Crippen LogP contribution >= 0.6 is 27.3 Å². The largest absolute Gasteiger partial charge is 0.332 e. The molecule has 4 nitrogen and oxygen atoms in total. The van der Waals surface area contributed by atoms with Gasteiger partial charge in [-0.25, -0.2) is 4.39 Å². The van der Waals surface area contributed by atoms with Gasteiger partial charge in [-0.1, -0.05) is 22.0 Å². The van der Waals surface area contributed by atoms with Crippen LogP contribution in [0.3, 0.4) is 0 Å². The molecule has 0 atom stereocenters. The van der Waals surface area contributed by atoms with Gasteiger partial charge in [-0.05, 0) is 55.3 Å². The summed E-state index contributed by atoms with van der Waals surface area (Å²) in [5.74, 6) is -0.927. The molecule has 1 aromatic heterocycles. The Labute approximate surface area is 169 Å². The maximum atomic E-state index is 14.1. The summed E-state index contributed by atoms with van der Waals surface area (Å²) < 4.78 is 15.7. The fourth-order valence-electron chi connectivity index (χ4n) is 2.88. The number of anilines is 1. The number of thiophene rings is 1. The van der Waals surface area contributed by atoms with E-state index in [0.717, 1.165) is 14.7 Å². The van der Waals surface area contributed by atoms with Gasteiger partial charge in [0.25, 0.3) is 5.91 Å². The minimum atomic E-state index is -0.341. The third-order valence-electron chi connectivity index (χ3n) is 4.29. The van der Waals surface area contributed by atoms with Gasteiger partial charge in [0.1, 0.15) is 5.82 Å². The topological polar surface area (TPSA) is 49.4 Å². The first-order valence-electron chi connectivity index (χ1n) is 8.27. The SMILES string of the molecule is Cc1cc(Br)ccc1NC(=O)CN(C)C(=O)c1sc2cccc(F)c2c1C. The van der Waals surface area contributed by atoms with E-state index >= 15 is 0 Å². The number of aryl methyl sites for hydroxylation is 2. The van der Waals surface area contributed by atoms with Crippen molar-refractivity contribution in [3.8, 4) is 0 Å². The number of amides is 2. The van der Waals surface area contributed by atoms with E-state index in [0.29, 0.717) is 21.5 Å². The molecule has 0 fully saturated rings. The highest BCUT2D eigenvalue weighted by Crippen LogP contribution is 2.33. The third-order valence-corrected chi connectivity index (χ3v) is 6.03. The first kappa shape index (κ1) is 19.5. The minimum Gasteiger partial charge on any atom is -0.332 e. The van der Waals surface area contributed by atoms with E-state index in [-0.39, 0.29) is 24.2 Å². The molecule has 7 heteroatoms. The Morgan fingerprint density at radius 2 is 1.96 bits per heavy atom. The Morgan fingerprint density at radius 3 is 2.63 bits per heavy atom. The molecule has 0 aliphatic rings. The Bertz CT molecular complexity index is 1050. The van der Waals surface area contributed by atoms with Crippen LogP contribution in [0.5, 0.6) is 0 Å². The molecule has 1 heterocycles. The zero-order valence-corrected chi connectivity index (χ0v) is 17.5. The number of carbonyl (C=O) groups excluding carboxylic acids is 2. The molecule has 27 heavy (non-hydrogen) atoms. The van der Waals surface area contributed by atoms with Crippen molar-refractivity contribution in [1.29, 1.82) is 0 Å². The summed E-state index contributed by atoms with van der Waals surface area (Å²) in [5.41, 5.74) is 2.22. The Morgan fingerprint density at radius 1 is 1.22 bits per heavy atom. The van der Waals surface area contributed by atoms with E-state index in [2.05, 4.69) is 21.2 Å². The fourth-order valence-corrected chi connectivity index (χ4v) is 4.57. The maximum Gasteiger partial charge on any atom is 0.264 e. The fraction of sp³-hybridized carbons (Fsp3) is 0.200. The van der Waals surface area contributed by atoms with Gasteiger partial charge in [-0.2, -0.15) is 0 Å². The van der Waals surface area contributed by atoms with E-state index < -0.39 is 0 Å². The molecule has 0 spiro atoms. The van der Waals surface area contributed by atoms with Crippen LogP contribution in [0, 0.1) is 19.7 Å². The minimum absolute atomic E-state index is 0.0928. The van der Waals surface area contributed by atoms with Crippen LogP contribution in [0.4, 0.5) is 10.1 Å². The Balaban J connectivity index is 1.75. The van der Waals surface area contributed by atoms with Gasteiger partial charge in [0.2, 0.25) is 5.91 Å². The van der Waals surface area contributed by atoms with E-state index in [1.54, 1.807) is 32.2 Å². The lowest BCUT2D eigenvalue weighted by atomic mass is 10.1. The van der Waals surface area contributed by atoms with Crippen molar-refractivity contribution in [3.63, 3.8) is 0 Å². The summed E-state index contributed by atoms with van der Waals surface area (Å²) in [6.07, 6.45) is 0. The predicted molar refractivity (Wildman–Crippen MR) is 111 cm³/mol. The maximum absolute atomic E-state index is 14.1. The number of hydrogen-bond acceptors (Lipinski definition) is 3. The van der Waals surface area contributed by atoms with Crippen LogP contribution in [-0.4, -0.2) is 30.3 Å². The van der Waals surface area contributed by atoms with Crippen molar-refractivity contribution >= 4 is 54.9 Å². The molecule has 0 saturated carbocycles. The second-order valence-corrected chi connectivity index (χ2v) is 8.31. The number of carbonyl (C=O) groups is 2. The monoisotopic (exact) mass is 448 g/mol. The molecule has 0 saturated heterocycles. The van der Waals surface area contributed by atoms with Crippen LogP contribution in [0.1, 0.15) is 20.8 Å². The van der Waals surface area contributed by atoms with Gasteiger partial charge >= 0.3 is 0 Å². The van der Waals surface area contributed by atoms with Crippen LogP contribution < -0.4 is 5.32 Å². The summed E-state index contributed by atoms with van der Waals surface area (Å²) in [5, 5.41) is 3.28. The number of nitrogens with zero attached hydrogens (tertiary/aromatic N) is 1. The van der Waals surface area contributed by atoms with Gasteiger partial charge in [-0.15, -0.1) is 11.3 Å². The molecular formula is C20H18BrFN2O2S. The smallest absolute Gasteiger partial charge is 0.264 e. The van der Waals surface area contributed by atoms with Crippen molar-refractivity contribution < 1.29 is 14.0 Å². The average Bonchev–Trinajstić information content (AvgIpc) is 2.94. The number of benzene rings is 2. The number of halogens is 2. The second-order valence-electron chi connectivity index (χ2n) is 6.34. The first-order chi connectivity index (χ1) is 12.8. The van der Waals surface area contributed by atoms with Crippen molar-refractivity contribution in [2.45, 2.75) is 13.8 Å². The lowest BCUT2D eigenvalue weighted by Crippen LogP contribution is -2.34. The highest BCUT2D eigenvalue weighted by Gasteiger charge is 2.22. The summed E-state index contributed by atoms with van der Waals surface area (Å²) in [6.45, 7) is 3.53. The Hall–Kier alpha value is -2.25. The van der Waals surface area contributed by atoms with Gasteiger partial charge in [0.05, 0.1) is 11.4 Å². The molecule has 2 aromatic carbocycles. The zero-order chi connectivity index (χ0) is 19.7. The average molecular weight is 449 g/mol. The normalized spacial score (nSPS) is 10.9. The number of likely N-dealkylation sites (N-methyl/N-ethyl adjacent to an activating group) is 1. The number of fused-ring (bicyclic) bond motifs is 1. The predicted octanol–water partition coefficient (Wildman–Crippen LogP) is 5.13. The molecule has 3 rings (SSSR count). The van der Waals surface area contributed by atoms with Gasteiger partial charge in [-0.3, -0.25) is 9.59 Å². The van der Waals surface area contributed by atoms with Crippen LogP contribution in [-0.2, 0) is 4.79 Å². The van der Waals surface area contributed by atoms with E-state index in [1.165, 1.54) is 22.3 Å². The summed E-state index contributed by atoms with van der Waals surface area (Å²) in [4.78, 5) is 26.9. The lowest BCUT2D eigenvalue weighted by Gasteiger charge is -2.17. The van der Waals surface area contributed by atoms with E-state index in [1.807, 2.05) is 19.1 Å². The zero-order valence-electron chi connectivity index (χ0n) is 15.1. The molecule has 1 N–H and O–H groups in total. The van der Waals surface area contributed by atoms with Crippen LogP contribution in [0.25, 0.3) is 10.1 Å². The highest BCUT2D eigenvalue weighted by atomic mass is 79.9. The highest BCUT2D eigenvalue weighted by molar-refractivity contribution is 9.10. The van der Waals surface area contributed by atoms with Crippen molar-refractivity contribution in [3.05, 3.63) is 62.7 Å². The molecule has 0 bridgehead atoms. The third kappa shape index (κ3) is 4.04. The standard InChI is InChI=1S/C20H18BrFN2O2S/c1-11-9-13(21)7-8-15(11)23-17(25)10-24(3)20(26)19-12(2)18-14(22)5-4-6-16(18)27-19/h4-9H,10H2,1-3H3,(H,23,25). The molecule has 3 aromatic rings. The summed E-state index contributed by atoms with van der Waals surface area (Å²) in [6, 6.07) is 10.3. The molecule has 140 valence electrons. The Kier molecular flexibility index (Phi) is 5.62.